The van der Waals surface area contributed by atoms with E-state index in [1.165, 1.54) is 12.1 Å². The number of halogens is 1. The number of pyridine rings is 1. The number of hydrogen-bond acceptors (Lipinski definition) is 3. The lowest BCUT2D eigenvalue weighted by molar-refractivity contribution is -0.121. The molecular weight excluding hydrogens is 321 g/mol. The van der Waals surface area contributed by atoms with Crippen molar-refractivity contribution in [3.8, 4) is 0 Å². The Kier molecular flexibility index (Phi) is 6.70. The maximum Gasteiger partial charge on any atom is 0.251 e. The molecule has 0 radical (unpaired) electrons. The van der Waals surface area contributed by atoms with Gasteiger partial charge in [-0.1, -0.05) is 13.8 Å². The molecule has 0 fully saturated rings. The number of nitrogens with zero attached hydrogens (tertiary/aromatic N) is 1. The Morgan fingerprint density at radius 1 is 1.28 bits per heavy atom. The van der Waals surface area contributed by atoms with Gasteiger partial charge < -0.3 is 10.3 Å². The first-order valence-electron chi connectivity index (χ1n) is 8.76. The highest BCUT2D eigenvalue weighted by atomic mass is 19.1. The molecule has 1 unspecified atom stereocenters. The van der Waals surface area contributed by atoms with E-state index in [0.717, 1.165) is 18.5 Å². The van der Waals surface area contributed by atoms with E-state index in [1.54, 1.807) is 12.1 Å². The Morgan fingerprint density at radius 2 is 2.00 bits per heavy atom. The smallest absolute Gasteiger partial charge is 0.251 e. The van der Waals surface area contributed by atoms with Crippen molar-refractivity contribution in [2.45, 2.75) is 39.7 Å². The van der Waals surface area contributed by atoms with Gasteiger partial charge in [0.1, 0.15) is 5.82 Å². The van der Waals surface area contributed by atoms with Gasteiger partial charge in [-0.25, -0.2) is 4.39 Å². The Labute approximate surface area is 147 Å². The number of likely N-dealkylation sites (N-methyl/N-ethyl adjacent to an activating group) is 1. The van der Waals surface area contributed by atoms with Gasteiger partial charge >= 0.3 is 0 Å². The van der Waals surface area contributed by atoms with Gasteiger partial charge in [-0.05, 0) is 56.1 Å². The summed E-state index contributed by atoms with van der Waals surface area (Å²) in [6, 6.07) is 6.26. The molecule has 1 aromatic heterocycles. The Balaban J connectivity index is 1.93. The fourth-order valence-corrected chi connectivity index (χ4v) is 2.98. The molecule has 25 heavy (non-hydrogen) atoms. The number of nitrogens with one attached hydrogen (secondary N) is 2. The predicted molar refractivity (Wildman–Crippen MR) is 98.2 cm³/mol. The summed E-state index contributed by atoms with van der Waals surface area (Å²) in [4.78, 5) is 29.1. The Morgan fingerprint density at radius 3 is 2.68 bits per heavy atom. The fourth-order valence-electron chi connectivity index (χ4n) is 2.98. The number of hydrogen-bond donors (Lipinski definition) is 2. The van der Waals surface area contributed by atoms with E-state index >= 15 is 0 Å². The van der Waals surface area contributed by atoms with E-state index in [4.69, 9.17) is 0 Å². The molecule has 1 atom stereocenters. The maximum atomic E-state index is 13.2. The van der Waals surface area contributed by atoms with Gasteiger partial charge in [0.2, 0.25) is 5.91 Å². The van der Waals surface area contributed by atoms with E-state index in [1.807, 2.05) is 0 Å². The van der Waals surface area contributed by atoms with Crippen LogP contribution in [0.15, 0.2) is 29.1 Å². The van der Waals surface area contributed by atoms with Gasteiger partial charge in [-0.3, -0.25) is 14.5 Å². The topological polar surface area (TPSA) is 65.2 Å². The minimum atomic E-state index is -0.391. The summed E-state index contributed by atoms with van der Waals surface area (Å²) >= 11 is 0. The summed E-state index contributed by atoms with van der Waals surface area (Å²) in [5.41, 5.74) is 0.722. The lowest BCUT2D eigenvalue weighted by Crippen LogP contribution is -2.42. The first kappa shape index (κ1) is 19.1. The molecule has 0 bridgehead atoms. The van der Waals surface area contributed by atoms with E-state index in [0.29, 0.717) is 24.0 Å². The van der Waals surface area contributed by atoms with Gasteiger partial charge in [0.15, 0.2) is 0 Å². The zero-order valence-electron chi connectivity index (χ0n) is 15.1. The quantitative estimate of drug-likeness (QED) is 0.771. The highest BCUT2D eigenvalue weighted by molar-refractivity contribution is 5.79. The van der Waals surface area contributed by atoms with Gasteiger partial charge in [0, 0.05) is 24.6 Å². The van der Waals surface area contributed by atoms with Crippen molar-refractivity contribution in [3.63, 3.8) is 0 Å². The maximum absolute atomic E-state index is 13.2. The van der Waals surface area contributed by atoms with Crippen LogP contribution in [-0.4, -0.2) is 41.5 Å². The molecule has 1 heterocycles. The summed E-state index contributed by atoms with van der Waals surface area (Å²) in [7, 11) is 0. The van der Waals surface area contributed by atoms with Crippen LogP contribution >= 0.6 is 0 Å². The van der Waals surface area contributed by atoms with E-state index < -0.39 is 5.82 Å². The van der Waals surface area contributed by atoms with Crippen molar-refractivity contribution in [1.82, 2.24) is 15.2 Å². The van der Waals surface area contributed by atoms with Crippen molar-refractivity contribution < 1.29 is 9.18 Å². The van der Waals surface area contributed by atoms with Gasteiger partial charge in [0.25, 0.3) is 5.56 Å². The predicted octanol–water partition coefficient (Wildman–Crippen LogP) is 2.45. The summed E-state index contributed by atoms with van der Waals surface area (Å²) in [5, 5.41) is 3.68. The summed E-state index contributed by atoms with van der Waals surface area (Å²) in [6.07, 6.45) is 0.606. The molecule has 0 aliphatic heterocycles. The van der Waals surface area contributed by atoms with Crippen LogP contribution in [0.2, 0.25) is 0 Å². The standard InChI is InChI=1S/C19H26FN3O2/c1-4-23(5-2)13(3)12-21-18(24)9-7-15-10-14-6-8-16(20)11-17(14)22-19(15)25/h6,8,10-11,13H,4-5,7,9,12H2,1-3H3,(H,21,24)(H,22,25). The van der Waals surface area contributed by atoms with Crippen molar-refractivity contribution in [1.29, 1.82) is 0 Å². The third-order valence-corrected chi connectivity index (χ3v) is 4.54. The average Bonchev–Trinajstić information content (AvgIpc) is 2.59. The zero-order valence-corrected chi connectivity index (χ0v) is 15.1. The molecule has 1 amide bonds. The highest BCUT2D eigenvalue weighted by Gasteiger charge is 2.12. The van der Waals surface area contributed by atoms with E-state index in [9.17, 15) is 14.0 Å². The first-order valence-corrected chi connectivity index (χ1v) is 8.76. The second kappa shape index (κ2) is 8.76. The highest BCUT2D eigenvalue weighted by Crippen LogP contribution is 2.13. The largest absolute Gasteiger partial charge is 0.355 e. The van der Waals surface area contributed by atoms with Crippen LogP contribution in [0.5, 0.6) is 0 Å². The van der Waals surface area contributed by atoms with Crippen molar-refractivity contribution in [2.75, 3.05) is 19.6 Å². The normalized spacial score (nSPS) is 12.5. The number of carbonyl (C=O) groups is 1. The molecule has 136 valence electrons. The minimum absolute atomic E-state index is 0.0717. The van der Waals surface area contributed by atoms with Crippen molar-refractivity contribution in [3.05, 3.63) is 46.0 Å². The van der Waals surface area contributed by atoms with Crippen LogP contribution in [0.1, 0.15) is 32.8 Å². The lowest BCUT2D eigenvalue weighted by atomic mass is 10.1. The zero-order chi connectivity index (χ0) is 18.4. The summed E-state index contributed by atoms with van der Waals surface area (Å²) in [6.45, 7) is 8.76. The molecule has 0 saturated heterocycles. The Hall–Kier alpha value is -2.21. The van der Waals surface area contributed by atoms with Crippen LogP contribution in [0.4, 0.5) is 4.39 Å². The SMILES string of the molecule is CCN(CC)C(C)CNC(=O)CCc1cc2ccc(F)cc2[nH]c1=O. The van der Waals surface area contributed by atoms with Crippen LogP contribution in [0.3, 0.4) is 0 Å². The molecule has 5 nitrogen and oxygen atoms in total. The second-order valence-corrected chi connectivity index (χ2v) is 6.23. The molecule has 0 aliphatic carbocycles. The number of rotatable bonds is 8. The number of fused-ring (bicyclic) bond motifs is 1. The van der Waals surface area contributed by atoms with Crippen molar-refractivity contribution >= 4 is 16.8 Å². The second-order valence-electron chi connectivity index (χ2n) is 6.23. The monoisotopic (exact) mass is 347 g/mol. The fraction of sp³-hybridized carbons (Fsp3) is 0.474. The molecule has 2 aromatic rings. The molecule has 0 saturated carbocycles. The average molecular weight is 347 g/mol. The third-order valence-electron chi connectivity index (χ3n) is 4.54. The summed E-state index contributed by atoms with van der Waals surface area (Å²) < 4.78 is 13.2. The number of aromatic amines is 1. The number of amides is 1. The van der Waals surface area contributed by atoms with Gasteiger partial charge in [0.05, 0.1) is 5.52 Å². The molecule has 6 heteroatoms. The summed E-state index contributed by atoms with van der Waals surface area (Å²) in [5.74, 6) is -0.463. The van der Waals surface area contributed by atoms with Crippen molar-refractivity contribution in [2.24, 2.45) is 0 Å². The lowest BCUT2D eigenvalue weighted by Gasteiger charge is -2.26. The number of carbonyl (C=O) groups excluding carboxylic acids is 1. The number of aryl methyl sites for hydroxylation is 1. The molecule has 2 rings (SSSR count). The molecular formula is C19H26FN3O2. The van der Waals surface area contributed by atoms with Gasteiger partial charge in [-0.15, -0.1) is 0 Å². The third kappa shape index (κ3) is 5.13. The van der Waals surface area contributed by atoms with E-state index in [-0.39, 0.29) is 23.9 Å². The first-order chi connectivity index (χ1) is 11.9. The van der Waals surface area contributed by atoms with Crippen LogP contribution < -0.4 is 10.9 Å². The Bertz CT molecular complexity index is 784. The minimum Gasteiger partial charge on any atom is -0.355 e. The number of aromatic nitrogens is 1. The molecule has 2 N–H and O–H groups in total. The molecule has 0 spiro atoms. The molecule has 1 aromatic carbocycles. The van der Waals surface area contributed by atoms with E-state index in [2.05, 4.69) is 36.0 Å². The van der Waals surface area contributed by atoms with Crippen LogP contribution in [-0.2, 0) is 11.2 Å². The van der Waals surface area contributed by atoms with Gasteiger partial charge in [-0.2, -0.15) is 0 Å². The van der Waals surface area contributed by atoms with Crippen LogP contribution in [0, 0.1) is 5.82 Å². The van der Waals surface area contributed by atoms with Crippen LogP contribution in [0.25, 0.3) is 10.9 Å². The molecule has 0 aliphatic rings. The number of H-pyrrole nitrogens is 1. The number of benzene rings is 1.